The van der Waals surface area contributed by atoms with Crippen LogP contribution in [0.1, 0.15) is 15.9 Å². The van der Waals surface area contributed by atoms with Crippen molar-refractivity contribution in [1.29, 1.82) is 0 Å². The highest BCUT2D eigenvalue weighted by atomic mass is 16.5. The molecular formula is C26H21N5O3. The van der Waals surface area contributed by atoms with Crippen LogP contribution < -0.4 is 21.1 Å². The van der Waals surface area contributed by atoms with E-state index in [9.17, 15) is 9.59 Å². The molecule has 0 bridgehead atoms. The highest BCUT2D eigenvalue weighted by Crippen LogP contribution is 2.36. The lowest BCUT2D eigenvalue weighted by molar-refractivity contribution is -0.111. The number of aromatic nitrogens is 2. The van der Waals surface area contributed by atoms with E-state index in [1.807, 2.05) is 66.7 Å². The van der Waals surface area contributed by atoms with E-state index in [0.29, 0.717) is 35.1 Å². The van der Waals surface area contributed by atoms with Crippen molar-refractivity contribution in [3.8, 4) is 28.4 Å². The van der Waals surface area contributed by atoms with E-state index in [1.54, 1.807) is 10.7 Å². The second-order valence-electron chi connectivity index (χ2n) is 7.68. The molecule has 1 aromatic heterocycles. The molecule has 1 aliphatic rings. The molecule has 0 fully saturated rings. The summed E-state index contributed by atoms with van der Waals surface area (Å²) in [6, 6.07) is 22.3. The summed E-state index contributed by atoms with van der Waals surface area (Å²) in [4.78, 5) is 24.0. The Morgan fingerprint density at radius 1 is 1.06 bits per heavy atom. The summed E-state index contributed by atoms with van der Waals surface area (Å²) in [5, 5.41) is 10.7. The molecule has 0 spiro atoms. The summed E-state index contributed by atoms with van der Waals surface area (Å²) >= 11 is 0. The number of anilines is 2. The van der Waals surface area contributed by atoms with Crippen molar-refractivity contribution >= 4 is 23.3 Å². The zero-order valence-corrected chi connectivity index (χ0v) is 18.1. The van der Waals surface area contributed by atoms with Gasteiger partial charge in [-0.3, -0.25) is 9.59 Å². The molecule has 0 unspecified atom stereocenters. The number of hydrogen-bond donors (Lipinski definition) is 3. The lowest BCUT2D eigenvalue weighted by atomic mass is 10.1. The van der Waals surface area contributed by atoms with Crippen LogP contribution in [0.5, 0.6) is 11.5 Å². The zero-order chi connectivity index (χ0) is 23.7. The first-order chi connectivity index (χ1) is 16.5. The molecule has 0 aliphatic carbocycles. The number of carbonyl (C=O) groups excluding carboxylic acids is 2. The number of benzene rings is 3. The van der Waals surface area contributed by atoms with Crippen molar-refractivity contribution in [2.45, 2.75) is 6.54 Å². The molecule has 8 nitrogen and oxygen atoms in total. The molecule has 4 aromatic rings. The average molecular weight is 451 g/mol. The average Bonchev–Trinajstić information content (AvgIpc) is 3.25. The third-order valence-corrected chi connectivity index (χ3v) is 5.45. The maximum atomic E-state index is 12.4. The van der Waals surface area contributed by atoms with Crippen LogP contribution >= 0.6 is 0 Å². The van der Waals surface area contributed by atoms with Gasteiger partial charge in [0.1, 0.15) is 28.6 Å². The van der Waals surface area contributed by atoms with E-state index in [-0.39, 0.29) is 5.91 Å². The van der Waals surface area contributed by atoms with Gasteiger partial charge in [0, 0.05) is 17.8 Å². The van der Waals surface area contributed by atoms with E-state index in [4.69, 9.17) is 15.6 Å². The first-order valence-electron chi connectivity index (χ1n) is 10.6. The standard InChI is InChI=1S/C26H21N5O3/c1-2-22(32)29-18-10-13-21-17(14-18)15-28-26-23(25(27)33)24(30-31(21)26)16-8-11-20(12-9-16)34-19-6-4-3-5-7-19/h2-14,28H,1,15H2,(H2,27,33)(H,29,32). The number of nitrogens with one attached hydrogen (secondary N) is 2. The van der Waals surface area contributed by atoms with Crippen LogP contribution in [0.2, 0.25) is 0 Å². The number of para-hydroxylation sites is 1. The number of ether oxygens (including phenoxy) is 1. The third kappa shape index (κ3) is 3.88. The smallest absolute Gasteiger partial charge is 0.254 e. The molecule has 3 aromatic carbocycles. The first kappa shape index (κ1) is 21.0. The van der Waals surface area contributed by atoms with E-state index >= 15 is 0 Å². The van der Waals surface area contributed by atoms with Crippen LogP contribution in [0.25, 0.3) is 16.9 Å². The topological polar surface area (TPSA) is 111 Å². The monoisotopic (exact) mass is 451 g/mol. The largest absolute Gasteiger partial charge is 0.457 e. The molecule has 2 amide bonds. The van der Waals surface area contributed by atoms with Gasteiger partial charge in [0.25, 0.3) is 5.91 Å². The summed E-state index contributed by atoms with van der Waals surface area (Å²) in [6.45, 7) is 3.91. The van der Waals surface area contributed by atoms with Crippen LogP contribution in [0.4, 0.5) is 11.5 Å². The van der Waals surface area contributed by atoms with Crippen LogP contribution in [0.3, 0.4) is 0 Å². The number of rotatable bonds is 6. The Balaban J connectivity index is 1.50. The van der Waals surface area contributed by atoms with Gasteiger partial charge in [0.2, 0.25) is 5.91 Å². The second-order valence-corrected chi connectivity index (χ2v) is 7.68. The quantitative estimate of drug-likeness (QED) is 0.374. The van der Waals surface area contributed by atoms with Crippen molar-refractivity contribution in [2.24, 2.45) is 5.73 Å². The molecule has 2 heterocycles. The van der Waals surface area contributed by atoms with Gasteiger partial charge < -0.3 is 21.1 Å². The van der Waals surface area contributed by atoms with Crippen molar-refractivity contribution in [2.75, 3.05) is 10.6 Å². The number of primary amides is 1. The summed E-state index contributed by atoms with van der Waals surface area (Å²) in [5.74, 6) is 1.06. The molecule has 0 radical (unpaired) electrons. The van der Waals surface area contributed by atoms with Gasteiger partial charge in [-0.1, -0.05) is 24.8 Å². The van der Waals surface area contributed by atoms with Crippen LogP contribution in [0, 0.1) is 0 Å². The van der Waals surface area contributed by atoms with Crippen molar-refractivity contribution < 1.29 is 14.3 Å². The lowest BCUT2D eigenvalue weighted by Gasteiger charge is -2.21. The molecule has 0 saturated heterocycles. The van der Waals surface area contributed by atoms with Crippen LogP contribution in [0.15, 0.2) is 85.5 Å². The van der Waals surface area contributed by atoms with Gasteiger partial charge in [-0.25, -0.2) is 4.68 Å². The molecule has 0 atom stereocenters. The van der Waals surface area contributed by atoms with Gasteiger partial charge in [-0.05, 0) is 66.2 Å². The highest BCUT2D eigenvalue weighted by Gasteiger charge is 2.27. The maximum Gasteiger partial charge on any atom is 0.254 e. The molecule has 1 aliphatic heterocycles. The summed E-state index contributed by atoms with van der Waals surface area (Å²) in [6.07, 6.45) is 1.21. The Kier molecular flexibility index (Phi) is 5.31. The van der Waals surface area contributed by atoms with Crippen LogP contribution in [-0.4, -0.2) is 21.6 Å². The number of hydrogen-bond acceptors (Lipinski definition) is 5. The number of carbonyl (C=O) groups is 2. The minimum absolute atomic E-state index is 0.290. The van der Waals surface area contributed by atoms with Crippen LogP contribution in [-0.2, 0) is 11.3 Å². The van der Waals surface area contributed by atoms with E-state index in [1.165, 1.54) is 6.08 Å². The Hall–Kier alpha value is -4.85. The van der Waals surface area contributed by atoms with Gasteiger partial charge in [-0.15, -0.1) is 0 Å². The second kappa shape index (κ2) is 8.59. The molecule has 0 saturated carbocycles. The normalized spacial score (nSPS) is 11.5. The minimum Gasteiger partial charge on any atom is -0.457 e. The fourth-order valence-electron chi connectivity index (χ4n) is 3.88. The van der Waals surface area contributed by atoms with Gasteiger partial charge >= 0.3 is 0 Å². The summed E-state index contributed by atoms with van der Waals surface area (Å²) in [5.41, 5.74) is 9.61. The minimum atomic E-state index is -0.577. The Bertz CT molecular complexity index is 1410. The summed E-state index contributed by atoms with van der Waals surface area (Å²) < 4.78 is 7.52. The fourth-order valence-corrected chi connectivity index (χ4v) is 3.88. The first-order valence-corrected chi connectivity index (χ1v) is 10.6. The van der Waals surface area contributed by atoms with Crippen molar-refractivity contribution in [1.82, 2.24) is 9.78 Å². The molecule has 4 N–H and O–H groups in total. The van der Waals surface area contributed by atoms with Crippen molar-refractivity contribution in [3.05, 3.63) is 96.6 Å². The number of nitrogens with zero attached hydrogens (tertiary/aromatic N) is 2. The molecule has 34 heavy (non-hydrogen) atoms. The highest BCUT2D eigenvalue weighted by molar-refractivity contribution is 6.04. The third-order valence-electron chi connectivity index (χ3n) is 5.45. The van der Waals surface area contributed by atoms with E-state index in [0.717, 1.165) is 22.6 Å². The summed E-state index contributed by atoms with van der Waals surface area (Å²) in [7, 11) is 0. The lowest BCUT2D eigenvalue weighted by Crippen LogP contribution is -2.20. The van der Waals surface area contributed by atoms with Crippen molar-refractivity contribution in [3.63, 3.8) is 0 Å². The molecule has 5 rings (SSSR count). The zero-order valence-electron chi connectivity index (χ0n) is 18.1. The predicted octanol–water partition coefficient (Wildman–Crippen LogP) is 4.48. The Morgan fingerprint density at radius 3 is 2.50 bits per heavy atom. The number of nitrogens with two attached hydrogens (primary N) is 1. The molecule has 8 heteroatoms. The van der Waals surface area contributed by atoms with E-state index < -0.39 is 5.91 Å². The maximum absolute atomic E-state index is 12.4. The van der Waals surface area contributed by atoms with Gasteiger partial charge in [0.15, 0.2) is 0 Å². The van der Waals surface area contributed by atoms with Gasteiger partial charge in [0.05, 0.1) is 5.69 Å². The van der Waals surface area contributed by atoms with Gasteiger partial charge in [-0.2, -0.15) is 5.10 Å². The molecular weight excluding hydrogens is 430 g/mol. The number of amides is 2. The SMILES string of the molecule is C=CC(=O)Nc1ccc2c(c1)CNc1c(C(N)=O)c(-c3ccc(Oc4ccccc4)cc3)nn1-2. The number of fused-ring (bicyclic) bond motifs is 3. The van der Waals surface area contributed by atoms with E-state index in [2.05, 4.69) is 17.2 Å². The molecule has 168 valence electrons. The Labute approximate surface area is 195 Å². The Morgan fingerprint density at radius 2 is 1.79 bits per heavy atom. The predicted molar refractivity (Wildman–Crippen MR) is 130 cm³/mol. The fraction of sp³-hybridized carbons (Fsp3) is 0.0385.